The van der Waals surface area contributed by atoms with E-state index in [1.807, 2.05) is 12.4 Å². The van der Waals surface area contributed by atoms with Crippen molar-refractivity contribution < 1.29 is 13.2 Å². The maximum Gasteiger partial charge on any atom is 0.333 e. The number of halogens is 3. The second-order valence-electron chi connectivity index (χ2n) is 7.16. The van der Waals surface area contributed by atoms with E-state index in [2.05, 4.69) is 15.4 Å². The monoisotopic (exact) mass is 385 g/mol. The normalized spacial score (nSPS) is 15.9. The molecule has 1 fully saturated rings. The molecule has 0 aliphatic carbocycles. The van der Waals surface area contributed by atoms with Crippen LogP contribution in [0.4, 0.5) is 13.2 Å². The molecule has 0 unspecified atom stereocenters. The zero-order chi connectivity index (χ0) is 19.3. The second-order valence-corrected chi connectivity index (χ2v) is 7.16. The minimum Gasteiger partial charge on any atom is -0.317 e. The summed E-state index contributed by atoms with van der Waals surface area (Å²) in [5.74, 6) is -0.0680. The average molecular weight is 385 g/mol. The van der Waals surface area contributed by atoms with Gasteiger partial charge in [-0.25, -0.2) is 14.1 Å². The summed E-state index contributed by atoms with van der Waals surface area (Å²) in [7, 11) is 0. The van der Waals surface area contributed by atoms with Crippen molar-refractivity contribution in [1.82, 2.24) is 24.5 Å². The van der Waals surface area contributed by atoms with Crippen LogP contribution in [0.3, 0.4) is 0 Å². The van der Waals surface area contributed by atoms with Crippen LogP contribution < -0.4 is 5.32 Å². The van der Waals surface area contributed by atoms with Crippen molar-refractivity contribution in [2.24, 2.45) is 0 Å². The molecule has 0 amide bonds. The molecule has 1 aliphatic heterocycles. The van der Waals surface area contributed by atoms with Gasteiger partial charge in [0.05, 0.1) is 11.2 Å². The highest BCUT2D eigenvalue weighted by atomic mass is 19.3. The molecule has 0 spiro atoms. The first-order chi connectivity index (χ1) is 13.6. The number of aromatic nitrogens is 4. The van der Waals surface area contributed by atoms with Crippen LogP contribution >= 0.6 is 0 Å². The maximum atomic E-state index is 14.7. The maximum absolute atomic E-state index is 14.7. The van der Waals surface area contributed by atoms with Gasteiger partial charge >= 0.3 is 6.55 Å². The highest BCUT2D eigenvalue weighted by molar-refractivity contribution is 5.84. The molecular weight excluding hydrogens is 367 g/mol. The number of nitrogens with one attached hydrogen (secondary N) is 1. The zero-order valence-corrected chi connectivity index (χ0v) is 14.9. The third-order valence-corrected chi connectivity index (χ3v) is 5.34. The highest BCUT2D eigenvalue weighted by Crippen LogP contribution is 2.29. The van der Waals surface area contributed by atoms with Crippen LogP contribution in [0.2, 0.25) is 0 Å². The van der Waals surface area contributed by atoms with Crippen LogP contribution in [-0.4, -0.2) is 32.3 Å². The summed E-state index contributed by atoms with van der Waals surface area (Å²) in [6.45, 7) is -0.805. The number of alkyl halides is 2. The van der Waals surface area contributed by atoms with E-state index in [-0.39, 0.29) is 0 Å². The number of piperidine rings is 1. The van der Waals surface area contributed by atoms with Crippen molar-refractivity contribution in [3.05, 3.63) is 54.4 Å². The summed E-state index contributed by atoms with van der Waals surface area (Å²) in [5.41, 5.74) is 3.08. The number of hydrogen-bond donors (Lipinski definition) is 1. The molecule has 5 nitrogen and oxygen atoms in total. The summed E-state index contributed by atoms with van der Waals surface area (Å²) < 4.78 is 42.8. The van der Waals surface area contributed by atoms with E-state index in [1.165, 1.54) is 12.3 Å². The molecule has 0 radical (unpaired) electrons. The van der Waals surface area contributed by atoms with E-state index in [9.17, 15) is 13.2 Å². The fraction of sp³-hybridized carbons (Fsp3) is 0.300. The lowest BCUT2D eigenvalue weighted by Crippen LogP contribution is -2.26. The summed E-state index contributed by atoms with van der Waals surface area (Å²) in [4.78, 5) is 4.51. The fourth-order valence-corrected chi connectivity index (χ4v) is 3.87. The number of fused-ring (bicyclic) bond motifs is 2. The quantitative estimate of drug-likeness (QED) is 0.570. The lowest BCUT2D eigenvalue weighted by Gasteiger charge is -2.20. The lowest BCUT2D eigenvalue weighted by atomic mass is 9.95. The van der Waals surface area contributed by atoms with E-state index in [0.29, 0.717) is 32.7 Å². The van der Waals surface area contributed by atoms with Crippen LogP contribution in [0.5, 0.6) is 0 Å². The molecule has 1 saturated heterocycles. The Hall–Kier alpha value is -2.87. The van der Waals surface area contributed by atoms with Gasteiger partial charge in [-0.05, 0) is 49.7 Å². The number of hydrogen-bond acceptors (Lipinski definition) is 3. The molecule has 4 aromatic rings. The molecular formula is C20H18F3N5. The average Bonchev–Trinajstić information content (AvgIpc) is 3.32. The SMILES string of the molecule is Fc1cc(-c2ccc3nn(C(F)F)cc3c2)cn2cc(C3CCNCC3)nc12. The van der Waals surface area contributed by atoms with E-state index < -0.39 is 12.4 Å². The Balaban J connectivity index is 1.55. The van der Waals surface area contributed by atoms with Crippen LogP contribution in [0.15, 0.2) is 42.9 Å². The molecule has 0 saturated carbocycles. The molecule has 28 heavy (non-hydrogen) atoms. The third-order valence-electron chi connectivity index (χ3n) is 5.34. The fourth-order valence-electron chi connectivity index (χ4n) is 3.87. The van der Waals surface area contributed by atoms with Crippen LogP contribution in [0.1, 0.15) is 31.0 Å². The Labute approximate surface area is 158 Å². The predicted molar refractivity (Wildman–Crippen MR) is 100.0 cm³/mol. The van der Waals surface area contributed by atoms with Crippen molar-refractivity contribution in [2.75, 3.05) is 13.1 Å². The van der Waals surface area contributed by atoms with Crippen molar-refractivity contribution in [3.8, 4) is 11.1 Å². The summed E-state index contributed by atoms with van der Waals surface area (Å²) in [6.07, 6.45) is 7.00. The lowest BCUT2D eigenvalue weighted by molar-refractivity contribution is 0.0574. The molecule has 8 heteroatoms. The molecule has 5 rings (SSSR count). The second kappa shape index (κ2) is 6.63. The van der Waals surface area contributed by atoms with E-state index in [1.54, 1.807) is 22.6 Å². The van der Waals surface area contributed by atoms with Gasteiger partial charge in [0.25, 0.3) is 0 Å². The number of pyridine rings is 1. The van der Waals surface area contributed by atoms with E-state index in [0.717, 1.165) is 37.2 Å². The van der Waals surface area contributed by atoms with Gasteiger partial charge in [-0.2, -0.15) is 13.9 Å². The van der Waals surface area contributed by atoms with Crippen LogP contribution in [0.25, 0.3) is 27.7 Å². The Bertz CT molecular complexity index is 1160. The first kappa shape index (κ1) is 17.2. The molecule has 0 bridgehead atoms. The van der Waals surface area contributed by atoms with Crippen molar-refractivity contribution in [2.45, 2.75) is 25.3 Å². The number of nitrogens with zero attached hydrogens (tertiary/aromatic N) is 4. The Morgan fingerprint density at radius 3 is 2.64 bits per heavy atom. The summed E-state index contributed by atoms with van der Waals surface area (Å²) in [6, 6.07) is 6.61. The molecule has 3 aromatic heterocycles. The number of rotatable bonds is 3. The Kier molecular flexibility index (Phi) is 4.08. The molecule has 144 valence electrons. The van der Waals surface area contributed by atoms with Gasteiger partial charge in [-0.1, -0.05) is 6.07 Å². The molecule has 1 aliphatic rings. The Morgan fingerprint density at radius 2 is 1.86 bits per heavy atom. The van der Waals surface area contributed by atoms with Crippen molar-refractivity contribution in [3.63, 3.8) is 0 Å². The van der Waals surface area contributed by atoms with E-state index in [4.69, 9.17) is 0 Å². The molecule has 0 atom stereocenters. The van der Waals surface area contributed by atoms with Gasteiger partial charge in [-0.3, -0.25) is 0 Å². The Morgan fingerprint density at radius 1 is 1.04 bits per heavy atom. The number of benzene rings is 1. The standard InChI is InChI=1S/C20H18F3N5/c21-16-8-14(13-1-2-17-15(7-13)10-28(26-17)20(22)23)9-27-11-18(25-19(16)27)12-3-5-24-6-4-12/h1-2,7-12,20,24H,3-6H2. The van der Waals surface area contributed by atoms with Gasteiger partial charge in [0.1, 0.15) is 0 Å². The van der Waals surface area contributed by atoms with Crippen LogP contribution in [-0.2, 0) is 0 Å². The smallest absolute Gasteiger partial charge is 0.317 e. The summed E-state index contributed by atoms with van der Waals surface area (Å²) >= 11 is 0. The van der Waals surface area contributed by atoms with Gasteiger partial charge in [0, 0.05) is 35.5 Å². The molecule has 1 aromatic carbocycles. The summed E-state index contributed by atoms with van der Waals surface area (Å²) in [5, 5.41) is 7.75. The highest BCUT2D eigenvalue weighted by Gasteiger charge is 2.19. The predicted octanol–water partition coefficient (Wildman–Crippen LogP) is 4.35. The number of imidazole rings is 1. The largest absolute Gasteiger partial charge is 0.333 e. The molecule has 1 N–H and O–H groups in total. The van der Waals surface area contributed by atoms with Gasteiger partial charge in [-0.15, -0.1) is 0 Å². The topological polar surface area (TPSA) is 47.1 Å². The minimum absolute atomic E-state index is 0.309. The first-order valence-corrected chi connectivity index (χ1v) is 9.25. The third kappa shape index (κ3) is 2.93. The van der Waals surface area contributed by atoms with Crippen molar-refractivity contribution >= 4 is 16.6 Å². The van der Waals surface area contributed by atoms with E-state index >= 15 is 0 Å². The minimum atomic E-state index is -2.69. The van der Waals surface area contributed by atoms with Crippen LogP contribution in [0, 0.1) is 5.82 Å². The first-order valence-electron chi connectivity index (χ1n) is 9.25. The van der Waals surface area contributed by atoms with Gasteiger partial charge in [0.15, 0.2) is 11.5 Å². The molecule has 4 heterocycles. The van der Waals surface area contributed by atoms with Gasteiger partial charge < -0.3 is 9.72 Å². The zero-order valence-electron chi connectivity index (χ0n) is 14.9. The van der Waals surface area contributed by atoms with Crippen molar-refractivity contribution in [1.29, 1.82) is 0 Å². The van der Waals surface area contributed by atoms with Gasteiger partial charge in [0.2, 0.25) is 0 Å².